The van der Waals surface area contributed by atoms with E-state index in [1.165, 1.54) is 36.2 Å². The molecule has 4 rings (SSSR count). The molecule has 3 aromatic rings. The molecule has 25 heavy (non-hydrogen) atoms. The Morgan fingerprint density at radius 3 is 2.52 bits per heavy atom. The lowest BCUT2D eigenvalue weighted by atomic mass is 10.0. The first kappa shape index (κ1) is 15.8. The van der Waals surface area contributed by atoms with Gasteiger partial charge >= 0.3 is 0 Å². The highest BCUT2D eigenvalue weighted by Crippen LogP contribution is 2.33. The highest BCUT2D eigenvalue weighted by atomic mass is 16.1. The summed E-state index contributed by atoms with van der Waals surface area (Å²) in [6.45, 7) is 2.16. The summed E-state index contributed by atoms with van der Waals surface area (Å²) < 4.78 is 0. The zero-order valence-electron chi connectivity index (χ0n) is 14.3. The molecule has 0 aliphatic carbocycles. The van der Waals surface area contributed by atoms with E-state index in [-0.39, 0.29) is 5.91 Å². The van der Waals surface area contributed by atoms with Crippen molar-refractivity contribution in [1.82, 2.24) is 4.98 Å². The largest absolute Gasteiger partial charge is 0.366 e. The second kappa shape index (κ2) is 6.63. The average molecular weight is 333 g/mol. The summed E-state index contributed by atoms with van der Waals surface area (Å²) in [5, 5.41) is 1.10. The molecule has 1 aromatic heterocycles. The van der Waals surface area contributed by atoms with Crippen molar-refractivity contribution in [2.75, 3.05) is 18.0 Å². The van der Waals surface area contributed by atoms with E-state index in [0.29, 0.717) is 5.56 Å². The number of hydrogen-bond donors (Lipinski definition) is 2. The summed E-state index contributed by atoms with van der Waals surface area (Å²) in [5.41, 5.74) is 9.65. The standard InChI is InChI=1S/C21H23N3O/c22-20(25)16-9-10-19-17(14-16)18(13-15-7-3-1-4-8-15)21(23-19)24-11-5-2-6-12-24/h1,3-4,7-10,14,23H,2,5-6,11-13H2,(H2,22,25). The Kier molecular flexibility index (Phi) is 4.18. The number of nitrogens with one attached hydrogen (secondary N) is 1. The normalized spacial score (nSPS) is 14.8. The van der Waals surface area contributed by atoms with E-state index in [9.17, 15) is 4.79 Å². The van der Waals surface area contributed by atoms with Gasteiger partial charge in [-0.25, -0.2) is 0 Å². The molecular formula is C21H23N3O. The van der Waals surface area contributed by atoms with Crippen LogP contribution in [0.2, 0.25) is 0 Å². The molecule has 2 heterocycles. The number of piperidine rings is 1. The molecule has 4 nitrogen and oxygen atoms in total. The molecule has 0 spiro atoms. The minimum absolute atomic E-state index is 0.381. The van der Waals surface area contributed by atoms with Gasteiger partial charge in [0.25, 0.3) is 0 Å². The van der Waals surface area contributed by atoms with Gasteiger partial charge in [0.15, 0.2) is 0 Å². The minimum atomic E-state index is -0.381. The van der Waals surface area contributed by atoms with Gasteiger partial charge in [-0.2, -0.15) is 0 Å². The van der Waals surface area contributed by atoms with Crippen LogP contribution in [0.3, 0.4) is 0 Å². The van der Waals surface area contributed by atoms with Gasteiger partial charge < -0.3 is 15.6 Å². The van der Waals surface area contributed by atoms with Crippen LogP contribution in [0.5, 0.6) is 0 Å². The monoisotopic (exact) mass is 333 g/mol. The van der Waals surface area contributed by atoms with Gasteiger partial charge in [0.05, 0.1) is 0 Å². The molecule has 1 aliphatic heterocycles. The smallest absolute Gasteiger partial charge is 0.248 e. The van der Waals surface area contributed by atoms with E-state index in [1.807, 2.05) is 18.2 Å². The summed E-state index contributed by atoms with van der Waals surface area (Å²) >= 11 is 0. The highest BCUT2D eigenvalue weighted by molar-refractivity contribution is 5.99. The number of rotatable bonds is 4. The molecule has 0 unspecified atom stereocenters. The maximum atomic E-state index is 11.6. The number of carbonyl (C=O) groups is 1. The highest BCUT2D eigenvalue weighted by Gasteiger charge is 2.20. The summed E-state index contributed by atoms with van der Waals surface area (Å²) in [6, 6.07) is 16.2. The van der Waals surface area contributed by atoms with Crippen LogP contribution in [-0.2, 0) is 6.42 Å². The maximum Gasteiger partial charge on any atom is 0.248 e. The molecule has 2 aromatic carbocycles. The zero-order valence-corrected chi connectivity index (χ0v) is 14.3. The molecule has 1 aliphatic rings. The molecule has 3 N–H and O–H groups in total. The summed E-state index contributed by atoms with van der Waals surface area (Å²) in [7, 11) is 0. The summed E-state index contributed by atoms with van der Waals surface area (Å²) in [6.07, 6.45) is 4.60. The van der Waals surface area contributed by atoms with Crippen molar-refractivity contribution >= 4 is 22.6 Å². The van der Waals surface area contributed by atoms with Crippen molar-refractivity contribution in [2.24, 2.45) is 5.73 Å². The summed E-state index contributed by atoms with van der Waals surface area (Å²) in [4.78, 5) is 17.7. The van der Waals surface area contributed by atoms with Crippen LogP contribution in [0.1, 0.15) is 40.7 Å². The van der Waals surface area contributed by atoms with Gasteiger partial charge in [-0.3, -0.25) is 4.79 Å². The fourth-order valence-electron chi connectivity index (χ4n) is 3.75. The number of anilines is 1. The lowest BCUT2D eigenvalue weighted by Crippen LogP contribution is -2.30. The van der Waals surface area contributed by atoms with E-state index < -0.39 is 0 Å². The molecule has 0 saturated carbocycles. The van der Waals surface area contributed by atoms with Crippen molar-refractivity contribution in [3.05, 3.63) is 65.2 Å². The molecule has 1 saturated heterocycles. The Bertz CT molecular complexity index is 892. The van der Waals surface area contributed by atoms with E-state index >= 15 is 0 Å². The number of H-pyrrole nitrogens is 1. The van der Waals surface area contributed by atoms with Crippen LogP contribution in [0.15, 0.2) is 48.5 Å². The Morgan fingerprint density at radius 1 is 1.04 bits per heavy atom. The third kappa shape index (κ3) is 3.12. The molecule has 4 heteroatoms. The van der Waals surface area contributed by atoms with Crippen LogP contribution in [0.4, 0.5) is 5.82 Å². The van der Waals surface area contributed by atoms with Gasteiger partial charge in [-0.1, -0.05) is 30.3 Å². The van der Waals surface area contributed by atoms with Gasteiger partial charge in [-0.15, -0.1) is 0 Å². The van der Waals surface area contributed by atoms with Gasteiger partial charge in [0.1, 0.15) is 5.82 Å². The predicted octanol–water partition coefficient (Wildman–Crippen LogP) is 3.85. The predicted molar refractivity (Wildman–Crippen MR) is 102 cm³/mol. The number of hydrogen-bond acceptors (Lipinski definition) is 2. The number of aromatic amines is 1. The topological polar surface area (TPSA) is 62.1 Å². The van der Waals surface area contributed by atoms with Gasteiger partial charge in [0.2, 0.25) is 5.91 Å². The molecule has 0 bridgehead atoms. The minimum Gasteiger partial charge on any atom is -0.366 e. The van der Waals surface area contributed by atoms with Crippen LogP contribution < -0.4 is 10.6 Å². The summed E-state index contributed by atoms with van der Waals surface area (Å²) in [5.74, 6) is 0.813. The van der Waals surface area contributed by atoms with Gasteiger partial charge in [0, 0.05) is 41.5 Å². The van der Waals surface area contributed by atoms with E-state index in [2.05, 4.69) is 34.1 Å². The Balaban J connectivity index is 1.84. The molecule has 1 amide bonds. The van der Waals surface area contributed by atoms with E-state index in [4.69, 9.17) is 5.73 Å². The van der Waals surface area contributed by atoms with Crippen LogP contribution in [-0.4, -0.2) is 24.0 Å². The first-order valence-electron chi connectivity index (χ1n) is 8.95. The third-order valence-electron chi connectivity index (χ3n) is 5.06. The molecule has 0 radical (unpaired) electrons. The van der Waals surface area contributed by atoms with Crippen molar-refractivity contribution in [3.8, 4) is 0 Å². The second-order valence-corrected chi connectivity index (χ2v) is 6.79. The number of amides is 1. The van der Waals surface area contributed by atoms with Gasteiger partial charge in [-0.05, 0) is 43.0 Å². The number of primary amides is 1. The van der Waals surface area contributed by atoms with Crippen molar-refractivity contribution in [3.63, 3.8) is 0 Å². The zero-order chi connectivity index (χ0) is 17.2. The molecular weight excluding hydrogens is 310 g/mol. The lowest BCUT2D eigenvalue weighted by molar-refractivity contribution is 0.100. The average Bonchev–Trinajstić information content (AvgIpc) is 3.01. The molecule has 128 valence electrons. The second-order valence-electron chi connectivity index (χ2n) is 6.79. The SMILES string of the molecule is NC(=O)c1ccc2[nH]c(N3CCCCC3)c(Cc3ccccc3)c2c1. The number of nitrogens with two attached hydrogens (primary N) is 1. The fourth-order valence-corrected chi connectivity index (χ4v) is 3.75. The van der Waals surface area contributed by atoms with Crippen molar-refractivity contribution < 1.29 is 4.79 Å². The van der Waals surface area contributed by atoms with Crippen LogP contribution in [0, 0.1) is 0 Å². The van der Waals surface area contributed by atoms with E-state index in [0.717, 1.165) is 30.4 Å². The molecule has 0 atom stereocenters. The number of carbonyl (C=O) groups excluding carboxylic acids is 1. The first-order valence-corrected chi connectivity index (χ1v) is 8.95. The number of benzene rings is 2. The number of aromatic nitrogens is 1. The Morgan fingerprint density at radius 2 is 1.80 bits per heavy atom. The van der Waals surface area contributed by atoms with Crippen LogP contribution >= 0.6 is 0 Å². The van der Waals surface area contributed by atoms with E-state index in [1.54, 1.807) is 6.07 Å². The number of nitrogens with zero attached hydrogens (tertiary/aromatic N) is 1. The van der Waals surface area contributed by atoms with Crippen molar-refractivity contribution in [2.45, 2.75) is 25.7 Å². The quantitative estimate of drug-likeness (QED) is 0.762. The van der Waals surface area contributed by atoms with Crippen molar-refractivity contribution in [1.29, 1.82) is 0 Å². The maximum absolute atomic E-state index is 11.6. The third-order valence-corrected chi connectivity index (χ3v) is 5.06. The number of fused-ring (bicyclic) bond motifs is 1. The fraction of sp³-hybridized carbons (Fsp3) is 0.286. The lowest BCUT2D eigenvalue weighted by Gasteiger charge is -2.28. The first-order chi connectivity index (χ1) is 12.2. The Hall–Kier alpha value is -2.75. The Labute approximate surface area is 147 Å². The van der Waals surface area contributed by atoms with Crippen LogP contribution in [0.25, 0.3) is 10.9 Å². The molecule has 1 fully saturated rings.